The van der Waals surface area contributed by atoms with Crippen molar-refractivity contribution < 1.29 is 9.13 Å². The monoisotopic (exact) mass is 376 g/mol. The Kier molecular flexibility index (Phi) is 4.95. The molecule has 0 aromatic heterocycles. The minimum atomic E-state index is -0.519. The van der Waals surface area contributed by atoms with Crippen molar-refractivity contribution in [1.29, 1.82) is 0 Å². The highest BCUT2D eigenvalue weighted by Gasteiger charge is 2.20. The van der Waals surface area contributed by atoms with E-state index in [9.17, 15) is 4.39 Å². The number of benzene rings is 2. The Morgan fingerprint density at radius 3 is 2.50 bits per heavy atom. The predicted octanol–water partition coefficient (Wildman–Crippen LogP) is 5.89. The lowest BCUT2D eigenvalue weighted by molar-refractivity contribution is 0.409. The van der Waals surface area contributed by atoms with Gasteiger partial charge in [-0.25, -0.2) is 4.39 Å². The Hall–Kier alpha value is -0.770. The van der Waals surface area contributed by atoms with Crippen LogP contribution in [0.1, 0.15) is 22.1 Å². The molecule has 0 amide bonds. The smallest absolute Gasteiger partial charge is 0.124 e. The SMILES string of the molecule is COc1cc(C)c(Br)cc1C(Cl)c1ccc(F)cc1Cl. The van der Waals surface area contributed by atoms with Crippen molar-refractivity contribution in [3.8, 4) is 5.75 Å². The second-order valence-electron chi connectivity index (χ2n) is 4.37. The van der Waals surface area contributed by atoms with Crippen LogP contribution < -0.4 is 4.74 Å². The molecule has 0 saturated heterocycles. The molecule has 2 aromatic carbocycles. The molecule has 0 N–H and O–H groups in total. The molecule has 1 atom stereocenters. The number of hydrogen-bond donors (Lipinski definition) is 0. The van der Waals surface area contributed by atoms with E-state index in [0.29, 0.717) is 16.3 Å². The van der Waals surface area contributed by atoms with Crippen LogP contribution in [0.15, 0.2) is 34.8 Å². The predicted molar refractivity (Wildman–Crippen MR) is 84.5 cm³/mol. The molecule has 0 heterocycles. The lowest BCUT2D eigenvalue weighted by atomic mass is 10.0. The van der Waals surface area contributed by atoms with Crippen molar-refractivity contribution >= 4 is 39.1 Å². The van der Waals surface area contributed by atoms with Crippen molar-refractivity contribution in [2.75, 3.05) is 7.11 Å². The van der Waals surface area contributed by atoms with Gasteiger partial charge < -0.3 is 4.74 Å². The highest BCUT2D eigenvalue weighted by Crippen LogP contribution is 2.40. The van der Waals surface area contributed by atoms with E-state index in [1.54, 1.807) is 13.2 Å². The van der Waals surface area contributed by atoms with Crippen LogP contribution in [0, 0.1) is 12.7 Å². The highest BCUT2D eigenvalue weighted by molar-refractivity contribution is 9.10. The lowest BCUT2D eigenvalue weighted by Gasteiger charge is -2.17. The Morgan fingerprint density at radius 2 is 1.90 bits per heavy atom. The van der Waals surface area contributed by atoms with Crippen LogP contribution in [0.2, 0.25) is 5.02 Å². The molecule has 2 rings (SSSR count). The van der Waals surface area contributed by atoms with E-state index in [2.05, 4.69) is 15.9 Å². The third-order valence-electron chi connectivity index (χ3n) is 3.02. The first-order valence-corrected chi connectivity index (χ1v) is 7.48. The molecule has 20 heavy (non-hydrogen) atoms. The molecule has 1 unspecified atom stereocenters. The first kappa shape index (κ1) is 15.6. The molecule has 5 heteroatoms. The van der Waals surface area contributed by atoms with E-state index in [0.717, 1.165) is 15.6 Å². The maximum absolute atomic E-state index is 13.1. The van der Waals surface area contributed by atoms with Crippen molar-refractivity contribution in [3.63, 3.8) is 0 Å². The third-order valence-corrected chi connectivity index (χ3v) is 4.67. The molecule has 1 nitrogen and oxygen atoms in total. The van der Waals surface area contributed by atoms with Gasteiger partial charge in [0, 0.05) is 15.1 Å². The summed E-state index contributed by atoms with van der Waals surface area (Å²) >= 11 is 16.0. The van der Waals surface area contributed by atoms with Gasteiger partial charge in [0.25, 0.3) is 0 Å². The maximum Gasteiger partial charge on any atom is 0.124 e. The zero-order valence-electron chi connectivity index (χ0n) is 10.9. The van der Waals surface area contributed by atoms with Gasteiger partial charge in [0.05, 0.1) is 12.5 Å². The van der Waals surface area contributed by atoms with Gasteiger partial charge in [-0.05, 0) is 42.3 Å². The van der Waals surface area contributed by atoms with Crippen LogP contribution in [0.25, 0.3) is 0 Å². The van der Waals surface area contributed by atoms with Crippen LogP contribution in [-0.4, -0.2) is 7.11 Å². The van der Waals surface area contributed by atoms with Gasteiger partial charge in [-0.1, -0.05) is 33.6 Å². The molecule has 0 aliphatic carbocycles. The number of rotatable bonds is 3. The molecule has 2 aromatic rings. The summed E-state index contributed by atoms with van der Waals surface area (Å²) in [6.45, 7) is 1.96. The number of methoxy groups -OCH3 is 1. The van der Waals surface area contributed by atoms with Gasteiger partial charge >= 0.3 is 0 Å². The summed E-state index contributed by atoms with van der Waals surface area (Å²) in [6.07, 6.45) is 0. The van der Waals surface area contributed by atoms with Crippen LogP contribution in [0.3, 0.4) is 0 Å². The van der Waals surface area contributed by atoms with Crippen LogP contribution >= 0.6 is 39.1 Å². The van der Waals surface area contributed by atoms with E-state index in [4.69, 9.17) is 27.9 Å². The molecule has 0 aliphatic rings. The second kappa shape index (κ2) is 6.33. The topological polar surface area (TPSA) is 9.23 Å². The summed E-state index contributed by atoms with van der Waals surface area (Å²) in [4.78, 5) is 0. The molecule has 0 spiro atoms. The van der Waals surface area contributed by atoms with Crippen molar-refractivity contribution in [1.82, 2.24) is 0 Å². The minimum absolute atomic E-state index is 0.295. The molecular weight excluding hydrogens is 366 g/mol. The number of halogens is 4. The number of aryl methyl sites for hydroxylation is 1. The average Bonchev–Trinajstić information content (AvgIpc) is 2.40. The van der Waals surface area contributed by atoms with Gasteiger partial charge in [0.15, 0.2) is 0 Å². The summed E-state index contributed by atoms with van der Waals surface area (Å²) in [5.74, 6) is 0.283. The normalized spacial score (nSPS) is 12.3. The molecule has 0 saturated carbocycles. The Labute approximate surface area is 135 Å². The van der Waals surface area contributed by atoms with E-state index in [1.165, 1.54) is 12.1 Å². The molecule has 0 fully saturated rings. The summed E-state index contributed by atoms with van der Waals surface area (Å²) in [7, 11) is 1.59. The van der Waals surface area contributed by atoms with Crippen molar-refractivity contribution in [2.45, 2.75) is 12.3 Å². The summed E-state index contributed by atoms with van der Waals surface area (Å²) < 4.78 is 19.4. The first-order valence-electron chi connectivity index (χ1n) is 5.87. The van der Waals surface area contributed by atoms with Crippen molar-refractivity contribution in [3.05, 3.63) is 62.3 Å². The molecular formula is C15H12BrCl2FO. The average molecular weight is 378 g/mol. The number of alkyl halides is 1. The summed E-state index contributed by atoms with van der Waals surface area (Å²) in [5, 5.41) is -0.223. The Bertz CT molecular complexity index is 646. The van der Waals surface area contributed by atoms with Gasteiger partial charge in [-0.15, -0.1) is 11.6 Å². The van der Waals surface area contributed by atoms with Gasteiger partial charge in [-0.3, -0.25) is 0 Å². The lowest BCUT2D eigenvalue weighted by Crippen LogP contribution is -2.00. The van der Waals surface area contributed by atoms with Gasteiger partial charge in [0.1, 0.15) is 11.6 Å². The number of hydrogen-bond acceptors (Lipinski definition) is 1. The Balaban J connectivity index is 2.52. The molecule has 106 valence electrons. The molecule has 0 bridgehead atoms. The van der Waals surface area contributed by atoms with Gasteiger partial charge in [-0.2, -0.15) is 0 Å². The van der Waals surface area contributed by atoms with Crippen LogP contribution in [-0.2, 0) is 0 Å². The fraction of sp³-hybridized carbons (Fsp3) is 0.200. The second-order valence-corrected chi connectivity index (χ2v) is 6.07. The quantitative estimate of drug-likeness (QED) is 0.606. The zero-order chi connectivity index (χ0) is 14.9. The number of ether oxygens (including phenoxy) is 1. The summed E-state index contributed by atoms with van der Waals surface area (Å²) in [6, 6.07) is 7.97. The Morgan fingerprint density at radius 1 is 1.20 bits per heavy atom. The fourth-order valence-electron chi connectivity index (χ4n) is 1.92. The molecule has 0 radical (unpaired) electrons. The first-order chi connectivity index (χ1) is 9.43. The van der Waals surface area contributed by atoms with Crippen LogP contribution in [0.4, 0.5) is 4.39 Å². The molecule has 0 aliphatic heterocycles. The fourth-order valence-corrected chi connectivity index (χ4v) is 2.97. The van der Waals surface area contributed by atoms with Crippen LogP contribution in [0.5, 0.6) is 5.75 Å². The maximum atomic E-state index is 13.1. The van der Waals surface area contributed by atoms with Gasteiger partial charge in [0.2, 0.25) is 0 Å². The summed E-state index contributed by atoms with van der Waals surface area (Å²) in [5.41, 5.74) is 2.46. The largest absolute Gasteiger partial charge is 0.496 e. The van der Waals surface area contributed by atoms with E-state index < -0.39 is 5.38 Å². The highest BCUT2D eigenvalue weighted by atomic mass is 79.9. The van der Waals surface area contributed by atoms with E-state index in [-0.39, 0.29) is 5.82 Å². The van der Waals surface area contributed by atoms with E-state index in [1.807, 2.05) is 19.1 Å². The minimum Gasteiger partial charge on any atom is -0.496 e. The standard InChI is InChI=1S/C15H12BrCl2FO/c1-8-5-14(20-2)11(7-12(8)16)15(18)10-4-3-9(19)6-13(10)17/h3-7,15H,1-2H3. The van der Waals surface area contributed by atoms with E-state index >= 15 is 0 Å². The van der Waals surface area contributed by atoms with Crippen molar-refractivity contribution in [2.24, 2.45) is 0 Å². The zero-order valence-corrected chi connectivity index (χ0v) is 14.0. The third kappa shape index (κ3) is 3.11.